The Morgan fingerprint density at radius 3 is 2.88 bits per heavy atom. The summed E-state index contributed by atoms with van der Waals surface area (Å²) < 4.78 is 11.0. The normalized spacial score (nSPS) is 15.5. The predicted molar refractivity (Wildman–Crippen MR) is 92.5 cm³/mol. The van der Waals surface area contributed by atoms with Crippen LogP contribution in [0.4, 0.5) is 5.69 Å². The Kier molecular flexibility index (Phi) is 4.32. The molecule has 0 saturated carbocycles. The third-order valence-corrected chi connectivity index (χ3v) is 4.44. The summed E-state index contributed by atoms with van der Waals surface area (Å²) in [5.74, 6) is 0.603. The molecule has 0 fully saturated rings. The second-order valence-corrected chi connectivity index (χ2v) is 5.98. The number of methoxy groups -OCH3 is 1. The van der Waals surface area contributed by atoms with Gasteiger partial charge in [0.05, 0.1) is 23.3 Å². The van der Waals surface area contributed by atoms with Gasteiger partial charge in [-0.15, -0.1) is 0 Å². The highest BCUT2D eigenvalue weighted by atomic mass is 35.5. The van der Waals surface area contributed by atoms with E-state index < -0.39 is 0 Å². The lowest BCUT2D eigenvalue weighted by atomic mass is 10.1. The van der Waals surface area contributed by atoms with E-state index in [2.05, 4.69) is 6.07 Å². The van der Waals surface area contributed by atoms with Crippen LogP contribution in [-0.2, 0) is 11.2 Å². The molecule has 0 saturated heterocycles. The first-order chi connectivity index (χ1) is 11.5. The van der Waals surface area contributed by atoms with Gasteiger partial charge in [-0.3, -0.25) is 5.41 Å². The van der Waals surface area contributed by atoms with Crippen molar-refractivity contribution in [1.29, 1.82) is 10.7 Å². The van der Waals surface area contributed by atoms with Crippen LogP contribution in [0.15, 0.2) is 30.3 Å². The lowest BCUT2D eigenvalue weighted by Gasteiger charge is -2.17. The number of nitrogens with one attached hydrogen (secondary N) is 1. The van der Waals surface area contributed by atoms with Crippen molar-refractivity contribution in [3.05, 3.63) is 57.6 Å². The standard InChI is InChI=1S/C18H16ClN3O2/c1-23-18(22)14-7-12(3-4-16(14)21)24-17-5-2-10-6-11(9-20)15(19)8-13(10)17/h3-4,6-8,17,22H,2,5,21H2,1H3. The molecule has 0 aliphatic heterocycles. The number of rotatable bonds is 3. The molecule has 2 aromatic carbocycles. The van der Waals surface area contributed by atoms with Gasteiger partial charge in [-0.05, 0) is 54.3 Å². The van der Waals surface area contributed by atoms with Gasteiger partial charge >= 0.3 is 0 Å². The third-order valence-electron chi connectivity index (χ3n) is 4.12. The fourth-order valence-corrected chi connectivity index (χ4v) is 3.09. The first-order valence-electron chi connectivity index (χ1n) is 7.45. The van der Waals surface area contributed by atoms with Gasteiger partial charge in [0, 0.05) is 5.69 Å². The number of hydrogen-bond acceptors (Lipinski definition) is 5. The molecule has 0 bridgehead atoms. The van der Waals surface area contributed by atoms with Gasteiger partial charge in [-0.25, -0.2) is 0 Å². The average Bonchev–Trinajstić information content (AvgIpc) is 2.96. The highest BCUT2D eigenvalue weighted by Gasteiger charge is 2.26. The van der Waals surface area contributed by atoms with Crippen LogP contribution in [0.2, 0.25) is 5.02 Å². The molecule has 0 heterocycles. The van der Waals surface area contributed by atoms with E-state index in [-0.39, 0.29) is 12.0 Å². The van der Waals surface area contributed by atoms with Crippen molar-refractivity contribution in [3.8, 4) is 11.8 Å². The molecule has 3 rings (SSSR count). The summed E-state index contributed by atoms with van der Waals surface area (Å²) in [5.41, 5.74) is 9.40. The highest BCUT2D eigenvalue weighted by Crippen LogP contribution is 2.38. The molecular formula is C18H16ClN3O2. The lowest BCUT2D eigenvalue weighted by molar-refractivity contribution is 0.207. The van der Waals surface area contributed by atoms with E-state index in [0.29, 0.717) is 27.6 Å². The van der Waals surface area contributed by atoms with Crippen LogP contribution in [0.1, 0.15) is 34.8 Å². The zero-order valence-electron chi connectivity index (χ0n) is 13.1. The number of nitriles is 1. The zero-order chi connectivity index (χ0) is 17.3. The number of benzene rings is 2. The number of nitrogen functional groups attached to an aromatic ring is 1. The van der Waals surface area contributed by atoms with E-state index in [1.54, 1.807) is 18.2 Å². The molecule has 1 unspecified atom stereocenters. The molecule has 2 aromatic rings. The largest absolute Gasteiger partial charge is 0.486 e. The summed E-state index contributed by atoms with van der Waals surface area (Å²) in [6.07, 6.45) is 1.50. The summed E-state index contributed by atoms with van der Waals surface area (Å²) in [6.45, 7) is 0. The molecule has 24 heavy (non-hydrogen) atoms. The summed E-state index contributed by atoms with van der Waals surface area (Å²) in [4.78, 5) is 0. The highest BCUT2D eigenvalue weighted by molar-refractivity contribution is 6.31. The molecule has 0 amide bonds. The lowest BCUT2D eigenvalue weighted by Crippen LogP contribution is -2.08. The van der Waals surface area contributed by atoms with Gasteiger partial charge in [-0.2, -0.15) is 5.26 Å². The van der Waals surface area contributed by atoms with Crippen LogP contribution in [0.3, 0.4) is 0 Å². The van der Waals surface area contributed by atoms with Crippen molar-refractivity contribution in [2.24, 2.45) is 0 Å². The Morgan fingerprint density at radius 2 is 2.17 bits per heavy atom. The van der Waals surface area contributed by atoms with Gasteiger partial charge in [0.1, 0.15) is 17.9 Å². The Balaban J connectivity index is 1.89. The topological polar surface area (TPSA) is 92.1 Å². The molecule has 122 valence electrons. The van der Waals surface area contributed by atoms with Crippen molar-refractivity contribution >= 4 is 23.2 Å². The Labute approximate surface area is 145 Å². The maximum atomic E-state index is 9.07. The molecular weight excluding hydrogens is 326 g/mol. The first-order valence-corrected chi connectivity index (χ1v) is 7.82. The van der Waals surface area contributed by atoms with Crippen LogP contribution in [0.25, 0.3) is 0 Å². The number of hydrogen-bond donors (Lipinski definition) is 2. The number of nitrogens with two attached hydrogens (primary N) is 1. The SMILES string of the molecule is COC(=N)c1cc(OC2CCc3cc(C#N)c(Cl)cc32)ccc1N. The van der Waals surface area contributed by atoms with Crippen molar-refractivity contribution < 1.29 is 9.47 Å². The first kappa shape index (κ1) is 16.2. The van der Waals surface area contributed by atoms with E-state index in [1.807, 2.05) is 12.1 Å². The third kappa shape index (κ3) is 2.89. The molecule has 6 heteroatoms. The van der Waals surface area contributed by atoms with Gasteiger partial charge in [-0.1, -0.05) is 11.6 Å². The molecule has 0 aromatic heterocycles. The molecule has 0 spiro atoms. The van der Waals surface area contributed by atoms with E-state index in [4.69, 9.17) is 37.5 Å². The Bertz CT molecular complexity index is 858. The summed E-state index contributed by atoms with van der Waals surface area (Å²) in [6, 6.07) is 10.9. The molecule has 5 nitrogen and oxygen atoms in total. The number of nitrogens with zero attached hydrogens (tertiary/aromatic N) is 1. The molecule has 1 atom stereocenters. The second-order valence-electron chi connectivity index (χ2n) is 5.57. The summed E-state index contributed by atoms with van der Waals surface area (Å²) in [5, 5.41) is 17.3. The fraction of sp³-hybridized carbons (Fsp3) is 0.222. The van der Waals surface area contributed by atoms with Crippen LogP contribution < -0.4 is 10.5 Å². The van der Waals surface area contributed by atoms with Crippen molar-refractivity contribution in [2.75, 3.05) is 12.8 Å². The minimum Gasteiger partial charge on any atom is -0.486 e. The van der Waals surface area contributed by atoms with Gasteiger partial charge in [0.15, 0.2) is 0 Å². The number of anilines is 1. The Morgan fingerprint density at radius 1 is 1.38 bits per heavy atom. The second kappa shape index (κ2) is 6.42. The van der Waals surface area contributed by atoms with Crippen LogP contribution in [-0.4, -0.2) is 13.0 Å². The maximum absolute atomic E-state index is 9.07. The van der Waals surface area contributed by atoms with Crippen LogP contribution in [0.5, 0.6) is 5.75 Å². The maximum Gasteiger partial charge on any atom is 0.215 e. The van der Waals surface area contributed by atoms with E-state index in [9.17, 15) is 0 Å². The summed E-state index contributed by atoms with van der Waals surface area (Å²) >= 11 is 6.14. The van der Waals surface area contributed by atoms with Gasteiger partial charge < -0.3 is 15.2 Å². The predicted octanol–water partition coefficient (Wildman–Crippen LogP) is 3.83. The number of halogens is 1. The number of ether oxygens (including phenoxy) is 2. The van der Waals surface area contributed by atoms with Crippen molar-refractivity contribution in [1.82, 2.24) is 0 Å². The minimum absolute atomic E-state index is 0.00789. The van der Waals surface area contributed by atoms with E-state index in [0.717, 1.165) is 24.0 Å². The van der Waals surface area contributed by atoms with E-state index in [1.165, 1.54) is 7.11 Å². The quantitative estimate of drug-likeness (QED) is 0.504. The summed E-state index contributed by atoms with van der Waals surface area (Å²) in [7, 11) is 1.43. The smallest absolute Gasteiger partial charge is 0.215 e. The van der Waals surface area contributed by atoms with Gasteiger partial charge in [0.25, 0.3) is 0 Å². The van der Waals surface area contributed by atoms with Gasteiger partial charge in [0.2, 0.25) is 5.90 Å². The van der Waals surface area contributed by atoms with Crippen molar-refractivity contribution in [2.45, 2.75) is 18.9 Å². The van der Waals surface area contributed by atoms with E-state index >= 15 is 0 Å². The van der Waals surface area contributed by atoms with Crippen molar-refractivity contribution in [3.63, 3.8) is 0 Å². The molecule has 0 radical (unpaired) electrons. The zero-order valence-corrected chi connectivity index (χ0v) is 13.9. The minimum atomic E-state index is -0.140. The Hall–Kier alpha value is -2.71. The fourth-order valence-electron chi connectivity index (χ4n) is 2.88. The molecule has 1 aliphatic rings. The monoisotopic (exact) mass is 341 g/mol. The van der Waals surface area contributed by atoms with Crippen LogP contribution >= 0.6 is 11.6 Å². The van der Waals surface area contributed by atoms with Crippen LogP contribution in [0, 0.1) is 16.7 Å². The molecule has 3 N–H and O–H groups in total. The molecule has 1 aliphatic carbocycles. The average molecular weight is 342 g/mol. The number of fused-ring (bicyclic) bond motifs is 1. The number of aryl methyl sites for hydroxylation is 1.